The topological polar surface area (TPSA) is 74.6 Å². The summed E-state index contributed by atoms with van der Waals surface area (Å²) in [7, 11) is 0. The first kappa shape index (κ1) is 23.3. The number of halogens is 1. The van der Waals surface area contributed by atoms with Gasteiger partial charge in [0.25, 0.3) is 5.91 Å². The van der Waals surface area contributed by atoms with Gasteiger partial charge in [-0.15, -0.1) is 0 Å². The van der Waals surface area contributed by atoms with Crippen molar-refractivity contribution in [3.05, 3.63) is 59.3 Å². The van der Waals surface area contributed by atoms with Crippen molar-refractivity contribution in [1.82, 2.24) is 4.90 Å². The van der Waals surface area contributed by atoms with Crippen molar-refractivity contribution < 1.29 is 14.0 Å². The Bertz CT molecular complexity index is 1110. The molecule has 1 fully saturated rings. The quantitative estimate of drug-likeness (QED) is 0.435. The van der Waals surface area contributed by atoms with E-state index < -0.39 is 5.91 Å². The summed E-state index contributed by atoms with van der Waals surface area (Å²) in [5, 5.41) is 7.14. The molecule has 1 aliphatic carbocycles. The molecule has 0 atom stereocenters. The maximum absolute atomic E-state index is 13.2. The molecule has 0 unspecified atom stereocenters. The molecule has 2 aromatic carbocycles. The van der Waals surface area contributed by atoms with Crippen LogP contribution in [0.3, 0.4) is 0 Å². The van der Waals surface area contributed by atoms with Crippen LogP contribution in [-0.2, 0) is 4.79 Å². The fourth-order valence-electron chi connectivity index (χ4n) is 4.72. The molecular formula is C26H30ClN3O3. The van der Waals surface area contributed by atoms with Gasteiger partial charge in [0.1, 0.15) is 11.3 Å². The molecule has 0 aliphatic heterocycles. The summed E-state index contributed by atoms with van der Waals surface area (Å²) in [6, 6.07) is 14.7. The van der Waals surface area contributed by atoms with Gasteiger partial charge in [-0.1, -0.05) is 37.6 Å². The van der Waals surface area contributed by atoms with Crippen LogP contribution >= 0.6 is 11.6 Å². The van der Waals surface area contributed by atoms with Crippen LogP contribution in [0.1, 0.15) is 50.1 Å². The second kappa shape index (κ2) is 10.4. The molecule has 0 spiro atoms. The Balaban J connectivity index is 1.52. The molecule has 6 nitrogen and oxygen atoms in total. The van der Waals surface area contributed by atoms with Crippen LogP contribution < -0.4 is 10.6 Å². The van der Waals surface area contributed by atoms with E-state index in [-0.39, 0.29) is 17.6 Å². The van der Waals surface area contributed by atoms with Crippen LogP contribution in [0, 0.1) is 5.92 Å². The molecule has 1 saturated carbocycles. The summed E-state index contributed by atoms with van der Waals surface area (Å²) in [5.74, 6) is -0.455. The van der Waals surface area contributed by atoms with Crippen molar-refractivity contribution in [2.45, 2.75) is 45.6 Å². The van der Waals surface area contributed by atoms with Crippen LogP contribution in [0.2, 0.25) is 5.02 Å². The first-order valence-electron chi connectivity index (χ1n) is 11.6. The molecular weight excluding hydrogens is 438 g/mol. The molecule has 0 radical (unpaired) electrons. The molecule has 0 bridgehead atoms. The number of amides is 2. The van der Waals surface area contributed by atoms with Crippen LogP contribution in [0.4, 0.5) is 11.4 Å². The Kier molecular flexibility index (Phi) is 7.36. The lowest BCUT2D eigenvalue weighted by Gasteiger charge is -2.35. The molecule has 7 heteroatoms. The standard InChI is InChI=1S/C26H30ClN3O3/c1-3-30(4-2)20-15-9-17(10-16-20)25(31)29-23-21-7-5-6-8-22(21)33-24(23)26(32)28-19-13-11-18(27)12-14-19/h5-8,11-14,17,20H,3-4,9-10,15-16H2,1-2H3,(H,28,32)(H,29,31). The number of anilines is 2. The Morgan fingerprint density at radius 1 is 0.970 bits per heavy atom. The Hall–Kier alpha value is -2.83. The second-order valence-corrected chi connectivity index (χ2v) is 8.92. The highest BCUT2D eigenvalue weighted by Crippen LogP contribution is 2.34. The maximum atomic E-state index is 13.2. The maximum Gasteiger partial charge on any atom is 0.293 e. The number of furan rings is 1. The van der Waals surface area contributed by atoms with Crippen LogP contribution in [-0.4, -0.2) is 35.8 Å². The van der Waals surface area contributed by atoms with E-state index in [1.165, 1.54) is 0 Å². The zero-order chi connectivity index (χ0) is 23.4. The Morgan fingerprint density at radius 3 is 2.30 bits per heavy atom. The second-order valence-electron chi connectivity index (χ2n) is 8.48. The Morgan fingerprint density at radius 2 is 1.64 bits per heavy atom. The number of benzene rings is 2. The normalized spacial score (nSPS) is 18.4. The van der Waals surface area contributed by atoms with Gasteiger partial charge in [-0.2, -0.15) is 0 Å². The lowest BCUT2D eigenvalue weighted by Crippen LogP contribution is -2.39. The number of para-hydroxylation sites is 1. The summed E-state index contributed by atoms with van der Waals surface area (Å²) in [5.41, 5.74) is 1.57. The van der Waals surface area contributed by atoms with E-state index in [1.807, 2.05) is 18.2 Å². The minimum absolute atomic E-state index is 0.0555. The zero-order valence-electron chi connectivity index (χ0n) is 19.1. The largest absolute Gasteiger partial charge is 0.449 e. The molecule has 2 N–H and O–H groups in total. The lowest BCUT2D eigenvalue weighted by molar-refractivity contribution is -0.121. The number of carbonyl (C=O) groups is 2. The molecule has 1 aliphatic rings. The van der Waals surface area contributed by atoms with Crippen molar-refractivity contribution >= 4 is 45.8 Å². The Labute approximate surface area is 199 Å². The molecule has 4 rings (SSSR count). The number of carbonyl (C=O) groups excluding carboxylic acids is 2. The van der Waals surface area contributed by atoms with Crippen molar-refractivity contribution in [2.24, 2.45) is 5.92 Å². The highest BCUT2D eigenvalue weighted by atomic mass is 35.5. The molecule has 33 heavy (non-hydrogen) atoms. The third-order valence-electron chi connectivity index (χ3n) is 6.55. The van der Waals surface area contributed by atoms with Gasteiger partial charge >= 0.3 is 0 Å². The van der Waals surface area contributed by atoms with E-state index in [0.717, 1.165) is 38.8 Å². The predicted molar refractivity (Wildman–Crippen MR) is 133 cm³/mol. The van der Waals surface area contributed by atoms with Gasteiger partial charge in [-0.05, 0) is 75.2 Å². The lowest BCUT2D eigenvalue weighted by atomic mass is 9.84. The number of nitrogens with one attached hydrogen (secondary N) is 2. The van der Waals surface area contributed by atoms with Gasteiger partial charge in [0.15, 0.2) is 0 Å². The van der Waals surface area contributed by atoms with Gasteiger partial charge < -0.3 is 20.0 Å². The van der Waals surface area contributed by atoms with Crippen LogP contribution in [0.5, 0.6) is 0 Å². The fourth-order valence-corrected chi connectivity index (χ4v) is 4.84. The fraction of sp³-hybridized carbons (Fsp3) is 0.385. The summed E-state index contributed by atoms with van der Waals surface area (Å²) < 4.78 is 5.86. The first-order valence-corrected chi connectivity index (χ1v) is 12.0. The minimum atomic E-state index is -0.422. The smallest absolute Gasteiger partial charge is 0.293 e. The van der Waals surface area contributed by atoms with Crippen LogP contribution in [0.25, 0.3) is 11.0 Å². The van der Waals surface area contributed by atoms with Gasteiger partial charge in [0, 0.05) is 28.1 Å². The average Bonchev–Trinajstić information content (AvgIpc) is 3.20. The SMILES string of the molecule is CCN(CC)C1CCC(C(=O)Nc2c(C(=O)Nc3ccc(Cl)cc3)oc3ccccc23)CC1. The molecule has 1 aromatic heterocycles. The first-order chi connectivity index (χ1) is 16.0. The van der Waals surface area contributed by atoms with Crippen molar-refractivity contribution in [1.29, 1.82) is 0 Å². The van der Waals surface area contributed by atoms with Gasteiger partial charge in [0.05, 0.1) is 0 Å². The van der Waals surface area contributed by atoms with Crippen LogP contribution in [0.15, 0.2) is 52.9 Å². The number of nitrogens with zero attached hydrogens (tertiary/aromatic N) is 1. The third-order valence-corrected chi connectivity index (χ3v) is 6.80. The molecule has 2 amide bonds. The van der Waals surface area contributed by atoms with Crippen molar-refractivity contribution in [3.63, 3.8) is 0 Å². The monoisotopic (exact) mass is 467 g/mol. The molecule has 0 saturated heterocycles. The highest BCUT2D eigenvalue weighted by molar-refractivity contribution is 6.30. The van der Waals surface area contributed by atoms with E-state index in [4.69, 9.17) is 16.0 Å². The number of hydrogen-bond donors (Lipinski definition) is 2. The third kappa shape index (κ3) is 5.23. The highest BCUT2D eigenvalue weighted by Gasteiger charge is 2.30. The van der Waals surface area contributed by atoms with E-state index in [0.29, 0.717) is 33.4 Å². The van der Waals surface area contributed by atoms with Crippen molar-refractivity contribution in [3.8, 4) is 0 Å². The predicted octanol–water partition coefficient (Wildman–Crippen LogP) is 6.18. The van der Waals surface area contributed by atoms with E-state index in [9.17, 15) is 9.59 Å². The van der Waals surface area contributed by atoms with E-state index in [2.05, 4.69) is 29.4 Å². The number of hydrogen-bond acceptors (Lipinski definition) is 4. The minimum Gasteiger partial charge on any atom is -0.449 e. The van der Waals surface area contributed by atoms with E-state index in [1.54, 1.807) is 30.3 Å². The molecule has 1 heterocycles. The summed E-state index contributed by atoms with van der Waals surface area (Å²) in [6.45, 7) is 6.43. The summed E-state index contributed by atoms with van der Waals surface area (Å²) >= 11 is 5.94. The van der Waals surface area contributed by atoms with Gasteiger partial charge in [-0.25, -0.2) is 0 Å². The molecule has 174 valence electrons. The summed E-state index contributed by atoms with van der Waals surface area (Å²) in [4.78, 5) is 28.7. The van der Waals surface area contributed by atoms with Gasteiger partial charge in [0.2, 0.25) is 11.7 Å². The summed E-state index contributed by atoms with van der Waals surface area (Å²) in [6.07, 6.45) is 3.70. The number of rotatable bonds is 7. The van der Waals surface area contributed by atoms with Crippen molar-refractivity contribution in [2.75, 3.05) is 23.7 Å². The van der Waals surface area contributed by atoms with Gasteiger partial charge in [-0.3, -0.25) is 9.59 Å². The molecule has 3 aromatic rings. The number of fused-ring (bicyclic) bond motifs is 1. The average molecular weight is 468 g/mol. The van der Waals surface area contributed by atoms with E-state index >= 15 is 0 Å². The zero-order valence-corrected chi connectivity index (χ0v) is 19.8.